The third-order valence-corrected chi connectivity index (χ3v) is 2.23. The number of hydrogen-bond acceptors (Lipinski definition) is 1. The quantitative estimate of drug-likeness (QED) is 0.828. The van der Waals surface area contributed by atoms with E-state index in [2.05, 4.69) is 0 Å². The fourth-order valence-electron chi connectivity index (χ4n) is 1.31. The Morgan fingerprint density at radius 3 is 1.95 bits per heavy atom. The van der Waals surface area contributed by atoms with Crippen molar-refractivity contribution in [1.29, 1.82) is 0 Å². The summed E-state index contributed by atoms with van der Waals surface area (Å²) in [6, 6.07) is 2.58. The summed E-state index contributed by atoms with van der Waals surface area (Å²) in [6.45, 7) is -0.185. The van der Waals surface area contributed by atoms with Crippen LogP contribution in [0.1, 0.15) is 5.56 Å². The number of carbonyl (C=O) groups excluding carboxylic acids is 1. The fraction of sp³-hybridized carbons (Fsp3) is 0.364. The zero-order valence-corrected chi connectivity index (χ0v) is 9.85. The van der Waals surface area contributed by atoms with E-state index in [4.69, 9.17) is 0 Å². The number of carbonyl (C=O) groups is 1. The SMILES string of the molecule is O=C(NCc1ccccc1)NC(C(F)(F)F)C(F)(F)F. The molecule has 0 heterocycles. The van der Waals surface area contributed by atoms with E-state index in [1.54, 1.807) is 30.3 Å². The van der Waals surface area contributed by atoms with Crippen LogP contribution in [-0.2, 0) is 6.54 Å². The van der Waals surface area contributed by atoms with Gasteiger partial charge in [0.1, 0.15) is 0 Å². The Kier molecular flexibility index (Phi) is 4.85. The molecule has 9 heteroatoms. The molecule has 0 bridgehead atoms. The lowest BCUT2D eigenvalue weighted by atomic mass is 10.2. The Labute approximate surface area is 110 Å². The molecule has 2 N–H and O–H groups in total. The predicted octanol–water partition coefficient (Wildman–Crippen LogP) is 2.98. The standard InChI is InChI=1S/C11H10F6N2O/c12-10(13,14)8(11(15,16)17)19-9(20)18-6-7-4-2-1-3-5-7/h1-5,8H,6H2,(H2,18,19,20). The Morgan fingerprint density at radius 1 is 1.00 bits per heavy atom. The lowest BCUT2D eigenvalue weighted by Gasteiger charge is -2.23. The summed E-state index contributed by atoms with van der Waals surface area (Å²) in [5.74, 6) is 0. The molecular formula is C11H10F6N2O. The van der Waals surface area contributed by atoms with Gasteiger partial charge in [0.2, 0.25) is 6.04 Å². The molecule has 3 nitrogen and oxygen atoms in total. The van der Waals surface area contributed by atoms with Crippen LogP contribution in [0.15, 0.2) is 30.3 Å². The second kappa shape index (κ2) is 6.02. The molecule has 0 saturated carbocycles. The van der Waals surface area contributed by atoms with Gasteiger partial charge in [-0.1, -0.05) is 30.3 Å². The van der Waals surface area contributed by atoms with E-state index in [9.17, 15) is 31.1 Å². The maximum absolute atomic E-state index is 12.2. The third kappa shape index (κ3) is 4.98. The normalized spacial score (nSPS) is 12.3. The van der Waals surface area contributed by atoms with Crippen molar-refractivity contribution in [2.45, 2.75) is 24.9 Å². The molecule has 1 rings (SSSR count). The van der Waals surface area contributed by atoms with Crippen molar-refractivity contribution in [3.05, 3.63) is 35.9 Å². The predicted molar refractivity (Wildman–Crippen MR) is 57.7 cm³/mol. The minimum atomic E-state index is -5.61. The van der Waals surface area contributed by atoms with Gasteiger partial charge in [-0.25, -0.2) is 4.79 Å². The number of alkyl halides is 6. The lowest BCUT2D eigenvalue weighted by Crippen LogP contribution is -2.56. The molecule has 0 aliphatic heterocycles. The fourth-order valence-corrected chi connectivity index (χ4v) is 1.31. The highest BCUT2D eigenvalue weighted by atomic mass is 19.4. The van der Waals surface area contributed by atoms with Gasteiger partial charge in [-0.3, -0.25) is 0 Å². The molecule has 0 atom stereocenters. The van der Waals surface area contributed by atoms with Crippen LogP contribution in [0.3, 0.4) is 0 Å². The smallest absolute Gasteiger partial charge is 0.334 e. The van der Waals surface area contributed by atoms with Crippen molar-refractivity contribution in [2.75, 3.05) is 0 Å². The minimum Gasteiger partial charge on any atom is -0.334 e. The molecule has 1 aromatic carbocycles. The van der Waals surface area contributed by atoms with E-state index in [1.807, 2.05) is 5.32 Å². The molecule has 1 aromatic rings. The summed E-state index contributed by atoms with van der Waals surface area (Å²) < 4.78 is 73.1. The van der Waals surface area contributed by atoms with Gasteiger partial charge in [-0.2, -0.15) is 26.3 Å². The van der Waals surface area contributed by atoms with Crippen LogP contribution in [0.25, 0.3) is 0 Å². The lowest BCUT2D eigenvalue weighted by molar-refractivity contribution is -0.255. The zero-order valence-electron chi connectivity index (χ0n) is 9.85. The average molecular weight is 300 g/mol. The first kappa shape index (κ1) is 16.1. The van der Waals surface area contributed by atoms with Crippen LogP contribution < -0.4 is 10.6 Å². The largest absolute Gasteiger partial charge is 0.417 e. The van der Waals surface area contributed by atoms with Crippen molar-refractivity contribution < 1.29 is 31.1 Å². The Morgan fingerprint density at radius 2 is 1.50 bits per heavy atom. The first-order valence-electron chi connectivity index (χ1n) is 5.32. The van der Waals surface area contributed by atoms with Gasteiger partial charge in [-0.15, -0.1) is 0 Å². The first-order valence-corrected chi connectivity index (χ1v) is 5.32. The summed E-state index contributed by atoms with van der Waals surface area (Å²) in [5, 5.41) is 2.79. The van der Waals surface area contributed by atoms with Gasteiger partial charge in [0.15, 0.2) is 0 Å². The van der Waals surface area contributed by atoms with Gasteiger partial charge < -0.3 is 10.6 Å². The maximum Gasteiger partial charge on any atom is 0.417 e. The minimum absolute atomic E-state index is 0.185. The summed E-state index contributed by atoms with van der Waals surface area (Å²) >= 11 is 0. The summed E-state index contributed by atoms with van der Waals surface area (Å²) in [7, 11) is 0. The van der Waals surface area contributed by atoms with Gasteiger partial charge in [0.25, 0.3) is 0 Å². The van der Waals surface area contributed by atoms with Gasteiger partial charge in [-0.05, 0) is 5.56 Å². The van der Waals surface area contributed by atoms with Gasteiger partial charge in [0, 0.05) is 6.54 Å². The second-order valence-electron chi connectivity index (χ2n) is 3.83. The number of urea groups is 1. The Bertz CT molecular complexity index is 428. The van der Waals surface area contributed by atoms with Crippen molar-refractivity contribution in [3.8, 4) is 0 Å². The molecule has 0 aliphatic rings. The Balaban J connectivity index is 2.59. The second-order valence-corrected chi connectivity index (χ2v) is 3.83. The molecule has 0 radical (unpaired) electrons. The highest BCUT2D eigenvalue weighted by Crippen LogP contribution is 2.32. The van der Waals surface area contributed by atoms with Crippen molar-refractivity contribution in [2.24, 2.45) is 0 Å². The third-order valence-electron chi connectivity index (χ3n) is 2.23. The molecular weight excluding hydrogens is 290 g/mol. The van der Waals surface area contributed by atoms with Crippen LogP contribution in [-0.4, -0.2) is 24.4 Å². The van der Waals surface area contributed by atoms with E-state index in [-0.39, 0.29) is 6.54 Å². The number of benzene rings is 1. The van der Waals surface area contributed by atoms with Crippen LogP contribution in [0.2, 0.25) is 0 Å². The first-order chi connectivity index (χ1) is 9.10. The maximum atomic E-state index is 12.2. The molecule has 2 amide bonds. The number of amides is 2. The highest BCUT2D eigenvalue weighted by molar-refractivity contribution is 5.74. The average Bonchev–Trinajstić information content (AvgIpc) is 2.32. The van der Waals surface area contributed by atoms with Crippen LogP contribution in [0.4, 0.5) is 31.1 Å². The van der Waals surface area contributed by atoms with Crippen molar-refractivity contribution in [3.63, 3.8) is 0 Å². The van der Waals surface area contributed by atoms with Crippen molar-refractivity contribution >= 4 is 6.03 Å². The molecule has 0 aliphatic carbocycles. The number of hydrogen-bond donors (Lipinski definition) is 2. The van der Waals surface area contributed by atoms with Gasteiger partial charge in [0.05, 0.1) is 0 Å². The van der Waals surface area contributed by atoms with Crippen LogP contribution in [0.5, 0.6) is 0 Å². The summed E-state index contributed by atoms with van der Waals surface area (Å²) in [6.07, 6.45) is -11.2. The molecule has 0 saturated heterocycles. The number of halogens is 6. The van der Waals surface area contributed by atoms with E-state index < -0.39 is 24.4 Å². The number of rotatable bonds is 3. The molecule has 20 heavy (non-hydrogen) atoms. The highest BCUT2D eigenvalue weighted by Gasteiger charge is 2.57. The Hall–Kier alpha value is -1.93. The topological polar surface area (TPSA) is 41.1 Å². The summed E-state index contributed by atoms with van der Waals surface area (Å²) in [4.78, 5) is 11.1. The zero-order chi connectivity index (χ0) is 15.4. The van der Waals surface area contributed by atoms with E-state index in [0.29, 0.717) is 5.56 Å². The van der Waals surface area contributed by atoms with Crippen LogP contribution in [0, 0.1) is 0 Å². The van der Waals surface area contributed by atoms with E-state index in [1.165, 1.54) is 0 Å². The van der Waals surface area contributed by atoms with Crippen LogP contribution >= 0.6 is 0 Å². The molecule has 0 aromatic heterocycles. The summed E-state index contributed by atoms with van der Waals surface area (Å²) in [5.41, 5.74) is 0.540. The molecule has 0 fully saturated rings. The van der Waals surface area contributed by atoms with Gasteiger partial charge >= 0.3 is 18.4 Å². The van der Waals surface area contributed by atoms with E-state index in [0.717, 1.165) is 5.32 Å². The molecule has 0 unspecified atom stereocenters. The number of nitrogens with one attached hydrogen (secondary N) is 2. The molecule has 0 spiro atoms. The van der Waals surface area contributed by atoms with E-state index >= 15 is 0 Å². The molecule has 112 valence electrons. The van der Waals surface area contributed by atoms with Crippen molar-refractivity contribution in [1.82, 2.24) is 10.6 Å². The monoisotopic (exact) mass is 300 g/mol.